The van der Waals surface area contributed by atoms with Crippen LogP contribution in [-0.2, 0) is 5.41 Å². The standard InChI is InChI=1S/C57H38/c1-57(2)52-32-30-35-13-5-6-16-41(35)55(52)50-24-11-21-42(56(50)57)36-25-27-37(28-26-36)53-46-17-7-9-19-48(46)54(49-20-10-8-18-47(49)53)45-23-12-22-43-44(45)31-29-40-33-38-14-3-4-15-39(38)34-51(40)43/h3-34H,1-2H3. The summed E-state index contributed by atoms with van der Waals surface area (Å²) in [5.74, 6) is 0. The first-order valence-electron chi connectivity index (χ1n) is 20.1. The van der Waals surface area contributed by atoms with Crippen molar-refractivity contribution in [3.8, 4) is 44.5 Å². The molecule has 11 aromatic rings. The van der Waals surface area contributed by atoms with E-state index in [-0.39, 0.29) is 5.41 Å². The van der Waals surface area contributed by atoms with E-state index in [0.29, 0.717) is 0 Å². The molecule has 0 N–H and O–H groups in total. The van der Waals surface area contributed by atoms with Gasteiger partial charge in [0.25, 0.3) is 0 Å². The van der Waals surface area contributed by atoms with Crippen LogP contribution in [0.5, 0.6) is 0 Å². The van der Waals surface area contributed by atoms with Crippen molar-refractivity contribution in [3.63, 3.8) is 0 Å². The molecule has 0 amide bonds. The van der Waals surface area contributed by atoms with E-state index in [1.807, 2.05) is 0 Å². The smallest absolute Gasteiger partial charge is 0.0165 e. The Morgan fingerprint density at radius 1 is 0.281 bits per heavy atom. The lowest BCUT2D eigenvalue weighted by Gasteiger charge is -2.25. The lowest BCUT2D eigenvalue weighted by Crippen LogP contribution is -2.16. The van der Waals surface area contributed by atoms with Gasteiger partial charge in [-0.3, -0.25) is 0 Å². The molecule has 11 aromatic carbocycles. The first-order valence-corrected chi connectivity index (χ1v) is 20.1. The average molecular weight is 723 g/mol. The van der Waals surface area contributed by atoms with Crippen LogP contribution in [0.4, 0.5) is 0 Å². The van der Waals surface area contributed by atoms with E-state index in [2.05, 4.69) is 208 Å². The topological polar surface area (TPSA) is 0 Å². The van der Waals surface area contributed by atoms with Crippen LogP contribution in [-0.4, -0.2) is 0 Å². The van der Waals surface area contributed by atoms with Crippen molar-refractivity contribution in [2.45, 2.75) is 19.3 Å². The second-order valence-corrected chi connectivity index (χ2v) is 16.4. The monoisotopic (exact) mass is 722 g/mol. The summed E-state index contributed by atoms with van der Waals surface area (Å²) in [4.78, 5) is 0. The summed E-state index contributed by atoms with van der Waals surface area (Å²) in [6.45, 7) is 4.79. The largest absolute Gasteiger partial charge is 0.0616 e. The fraction of sp³-hybridized carbons (Fsp3) is 0.0526. The van der Waals surface area contributed by atoms with Gasteiger partial charge in [0.1, 0.15) is 0 Å². The predicted octanol–water partition coefficient (Wildman–Crippen LogP) is 15.9. The molecule has 0 unspecified atom stereocenters. The highest BCUT2D eigenvalue weighted by molar-refractivity contribution is 6.25. The van der Waals surface area contributed by atoms with Gasteiger partial charge in [0.15, 0.2) is 0 Å². The molecule has 0 saturated carbocycles. The van der Waals surface area contributed by atoms with Crippen LogP contribution in [0.3, 0.4) is 0 Å². The molecule has 266 valence electrons. The maximum Gasteiger partial charge on any atom is 0.0165 e. The maximum atomic E-state index is 2.39. The van der Waals surface area contributed by atoms with Crippen LogP contribution in [0.2, 0.25) is 0 Å². The molecule has 1 aliphatic rings. The van der Waals surface area contributed by atoms with E-state index >= 15 is 0 Å². The summed E-state index contributed by atoms with van der Waals surface area (Å²) in [6, 6.07) is 72.6. The Hall–Kier alpha value is -7.02. The van der Waals surface area contributed by atoms with Gasteiger partial charge < -0.3 is 0 Å². The molecule has 0 fully saturated rings. The first kappa shape index (κ1) is 32.2. The lowest BCUT2D eigenvalue weighted by atomic mass is 9.78. The van der Waals surface area contributed by atoms with Crippen molar-refractivity contribution >= 4 is 64.6 Å². The Labute approximate surface area is 332 Å². The van der Waals surface area contributed by atoms with Crippen molar-refractivity contribution in [2.24, 2.45) is 0 Å². The minimum absolute atomic E-state index is 0.117. The summed E-state index contributed by atoms with van der Waals surface area (Å²) in [5.41, 5.74) is 13.1. The van der Waals surface area contributed by atoms with Crippen molar-refractivity contribution in [1.29, 1.82) is 0 Å². The lowest BCUT2D eigenvalue weighted by molar-refractivity contribution is 0.662. The van der Waals surface area contributed by atoms with Gasteiger partial charge in [-0.25, -0.2) is 0 Å². The molecule has 0 aromatic heterocycles. The van der Waals surface area contributed by atoms with Gasteiger partial charge >= 0.3 is 0 Å². The summed E-state index contributed by atoms with van der Waals surface area (Å²) in [6.07, 6.45) is 0. The zero-order valence-corrected chi connectivity index (χ0v) is 32.0. The maximum absolute atomic E-state index is 2.39. The zero-order chi connectivity index (χ0) is 37.8. The molecular formula is C57H38. The molecule has 12 rings (SSSR count). The van der Waals surface area contributed by atoms with E-state index in [9.17, 15) is 0 Å². The molecular weight excluding hydrogens is 685 g/mol. The molecule has 0 spiro atoms. The van der Waals surface area contributed by atoms with Crippen LogP contribution < -0.4 is 0 Å². The second-order valence-electron chi connectivity index (χ2n) is 16.4. The Morgan fingerprint density at radius 3 is 1.53 bits per heavy atom. The van der Waals surface area contributed by atoms with Crippen molar-refractivity contribution < 1.29 is 0 Å². The molecule has 1 aliphatic carbocycles. The van der Waals surface area contributed by atoms with Crippen LogP contribution in [0.15, 0.2) is 194 Å². The SMILES string of the molecule is CC1(C)c2ccc3ccccc3c2-c2cccc(-c3ccc(-c4c5ccccc5c(-c5cccc6c5ccc5cc7ccccc7cc56)c5ccccc45)cc3)c21. The van der Waals surface area contributed by atoms with Crippen LogP contribution in [0.25, 0.3) is 109 Å². The fourth-order valence-corrected chi connectivity index (χ4v) is 10.4. The van der Waals surface area contributed by atoms with Gasteiger partial charge in [-0.05, 0) is 132 Å². The summed E-state index contributed by atoms with van der Waals surface area (Å²) >= 11 is 0. The third kappa shape index (κ3) is 4.62. The number of hydrogen-bond acceptors (Lipinski definition) is 0. The number of hydrogen-bond donors (Lipinski definition) is 0. The summed E-state index contributed by atoms with van der Waals surface area (Å²) in [7, 11) is 0. The molecule has 0 saturated heterocycles. The van der Waals surface area contributed by atoms with Gasteiger partial charge in [-0.2, -0.15) is 0 Å². The summed E-state index contributed by atoms with van der Waals surface area (Å²) < 4.78 is 0. The van der Waals surface area contributed by atoms with Crippen LogP contribution in [0.1, 0.15) is 25.0 Å². The number of benzene rings is 11. The van der Waals surface area contributed by atoms with Crippen LogP contribution >= 0.6 is 0 Å². The van der Waals surface area contributed by atoms with Gasteiger partial charge in [0.05, 0.1) is 0 Å². The van der Waals surface area contributed by atoms with E-state index < -0.39 is 0 Å². The first-order chi connectivity index (χ1) is 28.0. The van der Waals surface area contributed by atoms with E-state index in [1.54, 1.807) is 0 Å². The van der Waals surface area contributed by atoms with Crippen LogP contribution in [0, 0.1) is 0 Å². The molecule has 57 heavy (non-hydrogen) atoms. The quantitative estimate of drug-likeness (QED) is 0.126. The average Bonchev–Trinajstić information content (AvgIpc) is 3.51. The van der Waals surface area contributed by atoms with Gasteiger partial charge in [-0.1, -0.05) is 196 Å². The zero-order valence-electron chi connectivity index (χ0n) is 32.0. The summed E-state index contributed by atoms with van der Waals surface area (Å²) in [5, 5.41) is 15.4. The highest BCUT2D eigenvalue weighted by atomic mass is 14.4. The Balaban J connectivity index is 1.04. The highest BCUT2D eigenvalue weighted by Gasteiger charge is 2.38. The third-order valence-corrected chi connectivity index (χ3v) is 13.0. The van der Waals surface area contributed by atoms with E-state index in [4.69, 9.17) is 0 Å². The third-order valence-electron chi connectivity index (χ3n) is 13.0. The molecule has 0 heterocycles. The van der Waals surface area contributed by atoms with E-state index in [1.165, 1.54) is 120 Å². The molecule has 0 radical (unpaired) electrons. The minimum atomic E-state index is -0.117. The van der Waals surface area contributed by atoms with Gasteiger partial charge in [0.2, 0.25) is 0 Å². The fourth-order valence-electron chi connectivity index (χ4n) is 10.4. The molecule has 0 nitrogen and oxygen atoms in total. The van der Waals surface area contributed by atoms with Crippen molar-refractivity contribution in [3.05, 3.63) is 205 Å². The minimum Gasteiger partial charge on any atom is -0.0616 e. The normalized spacial score (nSPS) is 13.2. The second kappa shape index (κ2) is 12.0. The van der Waals surface area contributed by atoms with Crippen molar-refractivity contribution in [2.75, 3.05) is 0 Å². The Kier molecular flexibility index (Phi) is 6.78. The van der Waals surface area contributed by atoms with Gasteiger partial charge in [0, 0.05) is 5.41 Å². The molecule has 0 heteroatoms. The Morgan fingerprint density at radius 2 is 0.807 bits per heavy atom. The van der Waals surface area contributed by atoms with E-state index in [0.717, 1.165) is 0 Å². The predicted molar refractivity (Wildman–Crippen MR) is 245 cm³/mol. The Bertz CT molecular complexity index is 3410. The number of fused-ring (bicyclic) bond motifs is 11. The molecule has 0 aliphatic heterocycles. The van der Waals surface area contributed by atoms with Gasteiger partial charge in [-0.15, -0.1) is 0 Å². The van der Waals surface area contributed by atoms with Crippen molar-refractivity contribution in [1.82, 2.24) is 0 Å². The highest BCUT2D eigenvalue weighted by Crippen LogP contribution is 2.54. The molecule has 0 atom stereocenters. The molecule has 0 bridgehead atoms. The number of rotatable bonds is 3.